The largest absolute Gasteiger partial charge is 0.352 e. The summed E-state index contributed by atoms with van der Waals surface area (Å²) in [6, 6.07) is 11.3. The van der Waals surface area contributed by atoms with Gasteiger partial charge in [-0.3, -0.25) is 14.4 Å². The topological polar surface area (TPSA) is 104 Å². The molecule has 2 aromatic carbocycles. The van der Waals surface area contributed by atoms with Crippen molar-refractivity contribution in [2.75, 3.05) is 18.4 Å². The summed E-state index contributed by atoms with van der Waals surface area (Å²) in [4.78, 5) is 39.0. The molecule has 0 unspecified atom stereocenters. The number of hydrogen-bond acceptors (Lipinski definition) is 6. The quantitative estimate of drug-likeness (QED) is 0.517. The average molecular weight is 500 g/mol. The van der Waals surface area contributed by atoms with Crippen LogP contribution in [0.1, 0.15) is 44.4 Å². The Morgan fingerprint density at radius 3 is 2.17 bits per heavy atom. The summed E-state index contributed by atoms with van der Waals surface area (Å²) in [7, 11) is 0. The summed E-state index contributed by atoms with van der Waals surface area (Å²) < 4.78 is 26.0. The van der Waals surface area contributed by atoms with Gasteiger partial charge in [0.05, 0.1) is 0 Å². The molecular weight excluding hydrogens is 476 g/mol. The van der Waals surface area contributed by atoms with Crippen LogP contribution in [0.4, 0.5) is 14.5 Å². The SMILES string of the molecule is O=C(CC1CCN(C(=O)c2nnc(C(=O)Nc3ccc(F)cc3)s2)CC1)NCc1ccc(F)cc1. The summed E-state index contributed by atoms with van der Waals surface area (Å²) in [6.45, 7) is 1.29. The molecule has 0 bridgehead atoms. The summed E-state index contributed by atoms with van der Waals surface area (Å²) in [5.41, 5.74) is 1.23. The van der Waals surface area contributed by atoms with Crippen molar-refractivity contribution in [3.8, 4) is 0 Å². The van der Waals surface area contributed by atoms with Gasteiger partial charge in [0.1, 0.15) is 11.6 Å². The van der Waals surface area contributed by atoms with E-state index in [4.69, 9.17) is 0 Å². The predicted octanol–water partition coefficient (Wildman–Crippen LogP) is 3.63. The molecule has 2 N–H and O–H groups in total. The minimum Gasteiger partial charge on any atom is -0.352 e. The van der Waals surface area contributed by atoms with Gasteiger partial charge < -0.3 is 15.5 Å². The fourth-order valence-electron chi connectivity index (χ4n) is 3.73. The molecule has 1 fully saturated rings. The van der Waals surface area contributed by atoms with Crippen LogP contribution in [-0.4, -0.2) is 45.9 Å². The molecule has 0 saturated carbocycles. The lowest BCUT2D eigenvalue weighted by Gasteiger charge is -2.31. The zero-order valence-electron chi connectivity index (χ0n) is 18.7. The molecule has 0 spiro atoms. The first-order chi connectivity index (χ1) is 16.9. The molecule has 11 heteroatoms. The van der Waals surface area contributed by atoms with E-state index in [1.807, 2.05) is 0 Å². The van der Waals surface area contributed by atoms with Gasteiger partial charge in [-0.05, 0) is 60.7 Å². The molecule has 8 nitrogen and oxygen atoms in total. The fourth-order valence-corrected chi connectivity index (χ4v) is 4.44. The number of carbonyl (C=O) groups excluding carboxylic acids is 3. The maximum absolute atomic E-state index is 13.0. The first-order valence-corrected chi connectivity index (χ1v) is 11.9. The lowest BCUT2D eigenvalue weighted by atomic mass is 9.93. The van der Waals surface area contributed by atoms with Gasteiger partial charge in [-0.15, -0.1) is 10.2 Å². The molecule has 1 aromatic heterocycles. The van der Waals surface area contributed by atoms with Crippen molar-refractivity contribution in [3.63, 3.8) is 0 Å². The van der Waals surface area contributed by atoms with Gasteiger partial charge in [0.15, 0.2) is 0 Å². The second-order valence-corrected chi connectivity index (χ2v) is 9.19. The molecule has 35 heavy (non-hydrogen) atoms. The molecule has 0 atom stereocenters. The van der Waals surface area contributed by atoms with Gasteiger partial charge in [0.2, 0.25) is 15.9 Å². The van der Waals surface area contributed by atoms with E-state index in [0.717, 1.165) is 16.9 Å². The second kappa shape index (κ2) is 11.1. The summed E-state index contributed by atoms with van der Waals surface area (Å²) in [5, 5.41) is 13.3. The van der Waals surface area contributed by atoms with E-state index in [2.05, 4.69) is 20.8 Å². The first-order valence-electron chi connectivity index (χ1n) is 11.1. The Labute approximate surface area is 204 Å². The number of rotatable bonds is 7. The van der Waals surface area contributed by atoms with E-state index in [1.165, 1.54) is 36.4 Å². The average Bonchev–Trinajstić information content (AvgIpc) is 3.36. The number of hydrogen-bond donors (Lipinski definition) is 2. The maximum Gasteiger partial charge on any atom is 0.286 e. The lowest BCUT2D eigenvalue weighted by Crippen LogP contribution is -2.39. The highest BCUT2D eigenvalue weighted by molar-refractivity contribution is 7.15. The zero-order valence-corrected chi connectivity index (χ0v) is 19.5. The Morgan fingerprint density at radius 1 is 0.914 bits per heavy atom. The molecular formula is C24H23F2N5O3S. The van der Waals surface area contributed by atoms with E-state index in [0.29, 0.717) is 44.6 Å². The number of halogens is 2. The highest BCUT2D eigenvalue weighted by atomic mass is 32.1. The van der Waals surface area contributed by atoms with Crippen LogP contribution in [0.5, 0.6) is 0 Å². The minimum absolute atomic E-state index is 0.0328. The molecule has 2 heterocycles. The third kappa shape index (κ3) is 6.66. The van der Waals surface area contributed by atoms with Crippen molar-refractivity contribution in [3.05, 3.63) is 75.7 Å². The molecule has 1 aliphatic heterocycles. The highest BCUT2D eigenvalue weighted by Crippen LogP contribution is 2.23. The third-order valence-electron chi connectivity index (χ3n) is 5.68. The smallest absolute Gasteiger partial charge is 0.286 e. The molecule has 182 valence electrons. The van der Waals surface area contributed by atoms with Gasteiger partial charge in [-0.2, -0.15) is 0 Å². The zero-order chi connectivity index (χ0) is 24.8. The molecule has 4 rings (SSSR count). The van der Waals surface area contributed by atoms with Gasteiger partial charge in [0.25, 0.3) is 11.8 Å². The number of benzene rings is 2. The third-order valence-corrected chi connectivity index (χ3v) is 6.59. The number of nitrogens with one attached hydrogen (secondary N) is 2. The van der Waals surface area contributed by atoms with Crippen LogP contribution in [-0.2, 0) is 11.3 Å². The van der Waals surface area contributed by atoms with Gasteiger partial charge in [0, 0.05) is 31.7 Å². The van der Waals surface area contributed by atoms with Gasteiger partial charge in [-0.25, -0.2) is 8.78 Å². The van der Waals surface area contributed by atoms with Crippen LogP contribution in [0.3, 0.4) is 0 Å². The van der Waals surface area contributed by atoms with Crippen molar-refractivity contribution in [1.82, 2.24) is 20.4 Å². The highest BCUT2D eigenvalue weighted by Gasteiger charge is 2.28. The van der Waals surface area contributed by atoms with Crippen molar-refractivity contribution < 1.29 is 23.2 Å². The van der Waals surface area contributed by atoms with E-state index in [-0.39, 0.29) is 33.6 Å². The number of anilines is 1. The van der Waals surface area contributed by atoms with Crippen LogP contribution in [0.2, 0.25) is 0 Å². The number of likely N-dealkylation sites (tertiary alicyclic amines) is 1. The normalized spacial score (nSPS) is 13.9. The molecule has 1 aliphatic rings. The summed E-state index contributed by atoms with van der Waals surface area (Å²) in [6.07, 6.45) is 1.70. The monoisotopic (exact) mass is 499 g/mol. The summed E-state index contributed by atoms with van der Waals surface area (Å²) >= 11 is 0.895. The predicted molar refractivity (Wildman–Crippen MR) is 126 cm³/mol. The number of nitrogens with zero attached hydrogens (tertiary/aromatic N) is 3. The Balaban J connectivity index is 1.22. The Hall–Kier alpha value is -3.73. The van der Waals surface area contributed by atoms with Crippen molar-refractivity contribution in [2.24, 2.45) is 5.92 Å². The van der Waals surface area contributed by atoms with E-state index < -0.39 is 11.7 Å². The van der Waals surface area contributed by atoms with Crippen molar-refractivity contribution in [2.45, 2.75) is 25.8 Å². The Morgan fingerprint density at radius 2 is 1.51 bits per heavy atom. The van der Waals surface area contributed by atoms with Crippen LogP contribution in [0, 0.1) is 17.6 Å². The van der Waals surface area contributed by atoms with Gasteiger partial charge >= 0.3 is 0 Å². The number of aromatic nitrogens is 2. The molecule has 0 aliphatic carbocycles. The number of carbonyl (C=O) groups is 3. The lowest BCUT2D eigenvalue weighted by molar-refractivity contribution is -0.122. The number of amides is 3. The van der Waals surface area contributed by atoms with Crippen LogP contribution in [0.15, 0.2) is 48.5 Å². The first kappa shape index (κ1) is 24.4. The van der Waals surface area contributed by atoms with Crippen LogP contribution >= 0.6 is 11.3 Å². The van der Waals surface area contributed by atoms with Gasteiger partial charge in [-0.1, -0.05) is 23.5 Å². The summed E-state index contributed by atoms with van der Waals surface area (Å²) in [5.74, 6) is -1.50. The molecule has 3 amide bonds. The molecule has 1 saturated heterocycles. The maximum atomic E-state index is 13.0. The molecule has 0 radical (unpaired) electrons. The van der Waals surface area contributed by atoms with E-state index in [1.54, 1.807) is 17.0 Å². The van der Waals surface area contributed by atoms with Crippen molar-refractivity contribution >= 4 is 34.7 Å². The van der Waals surface area contributed by atoms with Crippen molar-refractivity contribution in [1.29, 1.82) is 0 Å². The Kier molecular flexibility index (Phi) is 7.76. The fraction of sp³-hybridized carbons (Fsp3) is 0.292. The van der Waals surface area contributed by atoms with E-state index in [9.17, 15) is 23.2 Å². The minimum atomic E-state index is -0.529. The standard InChI is InChI=1S/C24H23F2N5O3S/c25-17-3-1-16(2-4-17)14-27-20(32)13-15-9-11-31(12-10-15)24(34)23-30-29-22(35-23)21(33)28-19-7-5-18(26)6-8-19/h1-8,15H,9-14H2,(H,27,32)(H,28,33). The number of piperidine rings is 1. The Bertz CT molecular complexity index is 1190. The molecule has 3 aromatic rings. The van der Waals surface area contributed by atoms with Crippen LogP contribution < -0.4 is 10.6 Å². The van der Waals surface area contributed by atoms with Crippen LogP contribution in [0.25, 0.3) is 0 Å². The van der Waals surface area contributed by atoms with E-state index >= 15 is 0 Å². The second-order valence-electron chi connectivity index (χ2n) is 8.22.